The Kier molecular flexibility index (Phi) is 8.09. The molecule has 1 aliphatic rings. The van der Waals surface area contributed by atoms with Crippen molar-refractivity contribution < 1.29 is 14.3 Å². The maximum atomic E-state index is 11.5. The molecule has 1 unspecified atom stereocenters. The minimum atomic E-state index is -0.103. The lowest BCUT2D eigenvalue weighted by molar-refractivity contribution is -0.0450. The van der Waals surface area contributed by atoms with Gasteiger partial charge in [-0.3, -0.25) is 0 Å². The zero-order valence-electron chi connectivity index (χ0n) is 12.3. The molecule has 0 aromatic rings. The van der Waals surface area contributed by atoms with Crippen molar-refractivity contribution in [3.05, 3.63) is 0 Å². The monoisotopic (exact) mass is 286 g/mol. The summed E-state index contributed by atoms with van der Waals surface area (Å²) >= 11 is 0. The molecule has 110 valence electrons. The van der Waals surface area contributed by atoms with E-state index in [-0.39, 0.29) is 11.9 Å². The lowest BCUT2D eigenvalue weighted by atomic mass is 10.1. The molecule has 1 atom stereocenters. The molecule has 1 saturated heterocycles. The van der Waals surface area contributed by atoms with Crippen molar-refractivity contribution >= 4 is 15.6 Å². The second kappa shape index (κ2) is 9.33. The van der Waals surface area contributed by atoms with Crippen LogP contribution in [0.25, 0.3) is 0 Å². The molecule has 5 nitrogen and oxygen atoms in total. The van der Waals surface area contributed by atoms with Crippen LogP contribution in [0.15, 0.2) is 0 Å². The Balaban J connectivity index is 2.37. The Bertz CT molecular complexity index is 262. The smallest absolute Gasteiger partial charge is 0.317 e. The van der Waals surface area contributed by atoms with Gasteiger partial charge < -0.3 is 19.7 Å². The van der Waals surface area contributed by atoms with Crippen LogP contribution in [-0.4, -0.2) is 60.2 Å². The lowest BCUT2D eigenvalue weighted by Gasteiger charge is -2.23. The SMILES string of the molecule is CCCCC(CCN1CCNC1=O)[Si]C(OC)OC. The van der Waals surface area contributed by atoms with Crippen LogP contribution >= 0.6 is 0 Å². The molecule has 0 spiro atoms. The first kappa shape index (κ1) is 16.5. The Labute approximate surface area is 118 Å². The molecular formula is C13H26N2O3Si. The quantitative estimate of drug-likeness (QED) is 0.491. The first-order valence-corrected chi connectivity index (χ1v) is 8.21. The van der Waals surface area contributed by atoms with Crippen LogP contribution in [-0.2, 0) is 9.47 Å². The van der Waals surface area contributed by atoms with Gasteiger partial charge in [0.05, 0.1) is 0 Å². The summed E-state index contributed by atoms with van der Waals surface area (Å²) in [6.07, 6.45) is 4.66. The largest absolute Gasteiger partial charge is 0.360 e. The van der Waals surface area contributed by atoms with Crippen molar-refractivity contribution in [1.82, 2.24) is 10.2 Å². The van der Waals surface area contributed by atoms with E-state index in [4.69, 9.17) is 9.47 Å². The van der Waals surface area contributed by atoms with Gasteiger partial charge in [0.25, 0.3) is 0 Å². The van der Waals surface area contributed by atoms with Gasteiger partial charge in [0, 0.05) is 33.9 Å². The average molecular weight is 286 g/mol. The zero-order chi connectivity index (χ0) is 14.1. The first-order valence-electron chi connectivity index (χ1n) is 7.05. The van der Waals surface area contributed by atoms with Crippen molar-refractivity contribution in [3.63, 3.8) is 0 Å². The van der Waals surface area contributed by atoms with E-state index in [0.717, 1.165) is 26.1 Å². The second-order valence-corrected chi connectivity index (χ2v) is 6.44. The van der Waals surface area contributed by atoms with Crippen LogP contribution in [0.1, 0.15) is 32.6 Å². The van der Waals surface area contributed by atoms with E-state index in [1.807, 2.05) is 4.90 Å². The molecule has 0 aromatic heterocycles. The van der Waals surface area contributed by atoms with Crippen LogP contribution in [0.3, 0.4) is 0 Å². The molecule has 0 saturated carbocycles. The highest BCUT2D eigenvalue weighted by atomic mass is 28.2. The molecule has 2 amide bonds. The number of amides is 2. The maximum absolute atomic E-state index is 11.5. The standard InChI is InChI=1S/C13H26N2O3Si/c1-4-5-6-11(19-13(17-2)18-3)7-9-15-10-8-14-12(15)16/h11,13H,4-10H2,1-3H3,(H,14,16). The van der Waals surface area contributed by atoms with Crippen molar-refractivity contribution in [1.29, 1.82) is 0 Å². The van der Waals surface area contributed by atoms with Crippen LogP contribution in [0.4, 0.5) is 4.79 Å². The third-order valence-corrected chi connectivity index (χ3v) is 5.19. The van der Waals surface area contributed by atoms with Gasteiger partial charge in [-0.15, -0.1) is 0 Å². The number of urea groups is 1. The fraction of sp³-hybridized carbons (Fsp3) is 0.923. The van der Waals surface area contributed by atoms with Crippen LogP contribution in [0.2, 0.25) is 5.54 Å². The van der Waals surface area contributed by atoms with Gasteiger partial charge in [0.2, 0.25) is 0 Å². The molecule has 19 heavy (non-hydrogen) atoms. The Morgan fingerprint density at radius 3 is 2.63 bits per heavy atom. The lowest BCUT2D eigenvalue weighted by Crippen LogP contribution is -2.32. The third kappa shape index (κ3) is 5.93. The van der Waals surface area contributed by atoms with E-state index >= 15 is 0 Å². The molecule has 1 aliphatic heterocycles. The summed E-state index contributed by atoms with van der Waals surface area (Å²) in [6, 6.07) is 0.0765. The molecule has 2 radical (unpaired) electrons. The van der Waals surface area contributed by atoms with Crippen LogP contribution in [0, 0.1) is 0 Å². The molecule has 1 heterocycles. The number of carbonyl (C=O) groups is 1. The first-order chi connectivity index (χ1) is 9.21. The number of hydrogen-bond acceptors (Lipinski definition) is 3. The molecule has 1 rings (SSSR count). The number of methoxy groups -OCH3 is 2. The summed E-state index contributed by atoms with van der Waals surface area (Å²) in [4.78, 5) is 13.4. The van der Waals surface area contributed by atoms with Crippen molar-refractivity contribution in [2.75, 3.05) is 33.9 Å². The highest BCUT2D eigenvalue weighted by Gasteiger charge is 2.22. The number of hydrogen-bond donors (Lipinski definition) is 1. The van der Waals surface area contributed by atoms with E-state index in [0.29, 0.717) is 15.1 Å². The molecule has 0 aliphatic carbocycles. The fourth-order valence-electron chi connectivity index (χ4n) is 2.22. The topological polar surface area (TPSA) is 50.8 Å². The highest BCUT2D eigenvalue weighted by Crippen LogP contribution is 2.21. The Morgan fingerprint density at radius 2 is 2.11 bits per heavy atom. The van der Waals surface area contributed by atoms with E-state index < -0.39 is 0 Å². The molecule has 0 aromatic carbocycles. The highest BCUT2D eigenvalue weighted by molar-refractivity contribution is 6.38. The summed E-state index contributed by atoms with van der Waals surface area (Å²) < 4.78 is 10.6. The number of nitrogens with zero attached hydrogens (tertiary/aromatic N) is 1. The molecular weight excluding hydrogens is 260 g/mol. The normalized spacial score (nSPS) is 17.1. The van der Waals surface area contributed by atoms with Gasteiger partial charge >= 0.3 is 6.03 Å². The van der Waals surface area contributed by atoms with Crippen LogP contribution < -0.4 is 5.32 Å². The van der Waals surface area contributed by atoms with E-state index in [1.165, 1.54) is 19.3 Å². The number of nitrogens with one attached hydrogen (secondary N) is 1. The van der Waals surface area contributed by atoms with Gasteiger partial charge in [0.15, 0.2) is 0 Å². The Hall–Kier alpha value is -0.593. The van der Waals surface area contributed by atoms with E-state index in [2.05, 4.69) is 12.2 Å². The summed E-state index contributed by atoms with van der Waals surface area (Å²) in [5, 5.41) is 2.84. The number of carbonyl (C=O) groups excluding carboxylic acids is 1. The van der Waals surface area contributed by atoms with Gasteiger partial charge in [-0.2, -0.15) is 0 Å². The van der Waals surface area contributed by atoms with Crippen molar-refractivity contribution in [2.24, 2.45) is 0 Å². The predicted octanol–water partition coefficient (Wildman–Crippen LogP) is 1.66. The molecule has 6 heteroatoms. The number of unbranched alkanes of at least 4 members (excludes halogenated alkanes) is 1. The molecule has 0 bridgehead atoms. The minimum Gasteiger partial charge on any atom is -0.360 e. The third-order valence-electron chi connectivity index (χ3n) is 3.40. The van der Waals surface area contributed by atoms with Crippen molar-refractivity contribution in [2.45, 2.75) is 44.1 Å². The van der Waals surface area contributed by atoms with Crippen molar-refractivity contribution in [3.8, 4) is 0 Å². The van der Waals surface area contributed by atoms with Gasteiger partial charge in [0.1, 0.15) is 15.4 Å². The van der Waals surface area contributed by atoms with E-state index in [1.54, 1.807) is 14.2 Å². The summed E-state index contributed by atoms with van der Waals surface area (Å²) in [6.45, 7) is 4.66. The van der Waals surface area contributed by atoms with Gasteiger partial charge in [-0.1, -0.05) is 26.2 Å². The summed E-state index contributed by atoms with van der Waals surface area (Å²) in [5.74, 6) is -0.103. The summed E-state index contributed by atoms with van der Waals surface area (Å²) in [7, 11) is 4.01. The molecule has 1 fully saturated rings. The molecule has 1 N–H and O–H groups in total. The minimum absolute atomic E-state index is 0.0765. The Morgan fingerprint density at radius 1 is 1.37 bits per heavy atom. The van der Waals surface area contributed by atoms with E-state index in [9.17, 15) is 4.79 Å². The fourth-order valence-corrected chi connectivity index (χ4v) is 3.55. The number of rotatable bonds is 10. The average Bonchev–Trinajstić information content (AvgIpc) is 2.83. The van der Waals surface area contributed by atoms with Crippen LogP contribution in [0.5, 0.6) is 0 Å². The maximum Gasteiger partial charge on any atom is 0.317 e. The predicted molar refractivity (Wildman–Crippen MR) is 76.4 cm³/mol. The van der Waals surface area contributed by atoms with Gasteiger partial charge in [-0.05, 0) is 12.0 Å². The summed E-state index contributed by atoms with van der Waals surface area (Å²) in [5.41, 5.74) is 0.582. The second-order valence-electron chi connectivity index (χ2n) is 4.82. The zero-order valence-corrected chi connectivity index (χ0v) is 13.3. The number of ether oxygens (including phenoxy) is 2. The van der Waals surface area contributed by atoms with Gasteiger partial charge in [-0.25, -0.2) is 4.79 Å².